The molecule has 1 aromatic heterocycles. The Bertz CT molecular complexity index is 1310. The molecule has 2 heterocycles. The summed E-state index contributed by atoms with van der Waals surface area (Å²) in [4.78, 5) is 45.3. The first kappa shape index (κ1) is 33.8. The molecule has 4 rings (SSSR count). The lowest BCUT2D eigenvalue weighted by atomic mass is 10.1. The van der Waals surface area contributed by atoms with Crippen molar-refractivity contribution in [3.8, 4) is 0 Å². The summed E-state index contributed by atoms with van der Waals surface area (Å²) in [7, 11) is 0. The summed E-state index contributed by atoms with van der Waals surface area (Å²) in [5, 5.41) is 15.7. The van der Waals surface area contributed by atoms with Crippen molar-refractivity contribution < 1.29 is 23.9 Å². The number of nitrogens with zero attached hydrogens (tertiary/aromatic N) is 3. The summed E-state index contributed by atoms with van der Waals surface area (Å²) < 4.78 is 13.9. The third-order valence-corrected chi connectivity index (χ3v) is 6.04. The molecule has 1 fully saturated rings. The van der Waals surface area contributed by atoms with E-state index in [1.807, 2.05) is 11.8 Å². The van der Waals surface area contributed by atoms with Crippen molar-refractivity contribution in [1.29, 1.82) is 0 Å². The number of aromatic carboxylic acids is 1. The zero-order valence-corrected chi connectivity index (χ0v) is 23.6. The van der Waals surface area contributed by atoms with Gasteiger partial charge in [-0.2, -0.15) is 0 Å². The van der Waals surface area contributed by atoms with Gasteiger partial charge in [-0.3, -0.25) is 14.5 Å². The average Bonchev–Trinajstić information content (AvgIpc) is 2.87. The number of carbonyl (C=O) groups excluding carboxylic acids is 2. The maximum absolute atomic E-state index is 13.9. The Morgan fingerprint density at radius 1 is 0.974 bits per heavy atom. The highest BCUT2D eigenvalue weighted by Crippen LogP contribution is 2.27. The molecule has 2 aromatic carbocycles. The molecule has 1 saturated heterocycles. The minimum absolute atomic E-state index is 0. The fourth-order valence-corrected chi connectivity index (χ4v) is 4.13. The number of pyridine rings is 1. The van der Waals surface area contributed by atoms with Crippen LogP contribution in [0.15, 0.2) is 48.5 Å². The smallest absolute Gasteiger partial charge is 0.336 e. The van der Waals surface area contributed by atoms with Gasteiger partial charge in [0.1, 0.15) is 11.6 Å². The highest BCUT2D eigenvalue weighted by molar-refractivity contribution is 6.08. The number of nitrogens with one attached hydrogen (secondary N) is 2. The second kappa shape index (κ2) is 15.4. The largest absolute Gasteiger partial charge is 0.478 e. The van der Waals surface area contributed by atoms with E-state index in [1.165, 1.54) is 30.3 Å². The number of halogens is 4. The molecule has 212 valence electrons. The molecule has 0 bridgehead atoms. The number of amides is 2. The van der Waals surface area contributed by atoms with Crippen LogP contribution in [-0.4, -0.2) is 72.0 Å². The Morgan fingerprint density at radius 2 is 1.67 bits per heavy atom. The molecular weight excluding hydrogens is 572 g/mol. The Hall–Kier alpha value is -3.18. The molecule has 1 aliphatic heterocycles. The van der Waals surface area contributed by atoms with Crippen molar-refractivity contribution in [3.63, 3.8) is 0 Å². The molecule has 3 N–H and O–H groups in total. The van der Waals surface area contributed by atoms with Crippen LogP contribution in [0, 0.1) is 5.82 Å². The summed E-state index contributed by atoms with van der Waals surface area (Å²) in [5.41, 5.74) is 0.753. The predicted molar refractivity (Wildman–Crippen MR) is 157 cm³/mol. The Balaban J connectivity index is 0.00000253. The molecule has 0 aliphatic carbocycles. The Morgan fingerprint density at radius 3 is 2.31 bits per heavy atom. The van der Waals surface area contributed by atoms with Crippen molar-refractivity contribution >= 4 is 77.4 Å². The van der Waals surface area contributed by atoms with Crippen molar-refractivity contribution in [2.45, 2.75) is 13.3 Å². The van der Waals surface area contributed by atoms with Gasteiger partial charge in [-0.05, 0) is 42.8 Å². The molecule has 0 unspecified atom stereocenters. The van der Waals surface area contributed by atoms with Crippen LogP contribution in [0.3, 0.4) is 0 Å². The van der Waals surface area contributed by atoms with Gasteiger partial charge in [-0.25, -0.2) is 14.2 Å². The summed E-state index contributed by atoms with van der Waals surface area (Å²) >= 11 is 0. The van der Waals surface area contributed by atoms with E-state index in [9.17, 15) is 23.9 Å². The van der Waals surface area contributed by atoms with Gasteiger partial charge in [0.15, 0.2) is 0 Å². The average molecular weight is 603 g/mol. The first-order chi connectivity index (χ1) is 17.4. The van der Waals surface area contributed by atoms with E-state index in [1.54, 1.807) is 18.2 Å². The summed E-state index contributed by atoms with van der Waals surface area (Å²) in [6.07, 6.45) is 0.887. The van der Waals surface area contributed by atoms with E-state index in [0.29, 0.717) is 61.7 Å². The molecule has 1 aliphatic rings. The minimum atomic E-state index is -1.12. The first-order valence-corrected chi connectivity index (χ1v) is 11.8. The molecule has 39 heavy (non-hydrogen) atoms. The Kier molecular flexibility index (Phi) is 13.4. The SMILES string of the molecule is CCCNC(=O)CN1CCN(c2cc(C(=O)O)c3cc(NC(=O)c4ccccc4F)ccc3n2)CC1.Cl.Cl.Cl. The zero-order chi connectivity index (χ0) is 25.7. The van der Waals surface area contributed by atoms with Crippen LogP contribution in [0.1, 0.15) is 34.1 Å². The van der Waals surface area contributed by atoms with Gasteiger partial charge < -0.3 is 20.6 Å². The maximum Gasteiger partial charge on any atom is 0.336 e. The normalized spacial score (nSPS) is 12.9. The van der Waals surface area contributed by atoms with E-state index in [0.717, 1.165) is 6.42 Å². The molecule has 0 atom stereocenters. The van der Waals surface area contributed by atoms with Crippen molar-refractivity contribution in [1.82, 2.24) is 15.2 Å². The van der Waals surface area contributed by atoms with Crippen LogP contribution in [0.25, 0.3) is 10.9 Å². The highest BCUT2D eigenvalue weighted by Gasteiger charge is 2.22. The number of carboxylic acids is 1. The quantitative estimate of drug-likeness (QED) is 0.353. The van der Waals surface area contributed by atoms with E-state index in [2.05, 4.69) is 20.5 Å². The van der Waals surface area contributed by atoms with E-state index in [4.69, 9.17) is 0 Å². The second-order valence-corrected chi connectivity index (χ2v) is 8.61. The molecule has 2 amide bonds. The lowest BCUT2D eigenvalue weighted by Gasteiger charge is -2.35. The number of benzene rings is 2. The van der Waals surface area contributed by atoms with Gasteiger partial charge in [-0.1, -0.05) is 19.1 Å². The van der Waals surface area contributed by atoms with Gasteiger partial charge >= 0.3 is 5.97 Å². The number of carbonyl (C=O) groups is 3. The predicted octanol–water partition coefficient (Wildman–Crippen LogP) is 4.24. The highest BCUT2D eigenvalue weighted by atomic mass is 35.5. The molecular formula is C26H31Cl3FN5O4. The van der Waals surface area contributed by atoms with Crippen LogP contribution in [0.5, 0.6) is 0 Å². The number of fused-ring (bicyclic) bond motifs is 1. The molecule has 3 aromatic rings. The Labute approximate surface area is 244 Å². The zero-order valence-electron chi connectivity index (χ0n) is 21.2. The molecule has 9 nitrogen and oxygen atoms in total. The minimum Gasteiger partial charge on any atom is -0.478 e. The van der Waals surface area contributed by atoms with Gasteiger partial charge in [0.25, 0.3) is 5.91 Å². The van der Waals surface area contributed by atoms with Crippen molar-refractivity contribution in [2.75, 3.05) is 49.5 Å². The van der Waals surface area contributed by atoms with Crippen molar-refractivity contribution in [3.05, 3.63) is 65.5 Å². The lowest BCUT2D eigenvalue weighted by Crippen LogP contribution is -2.49. The topological polar surface area (TPSA) is 115 Å². The standard InChI is InChI=1S/C26H28FN5O4.3ClH/c1-2-9-28-24(33)16-31-10-12-32(13-11-31)23-15-20(26(35)36)19-14-17(7-8-22(19)30-23)29-25(34)18-5-3-4-6-21(18)27;;;/h3-8,14-15H,2,9-13,16H2,1H3,(H,28,33)(H,29,34)(H,35,36);3*1H. The van der Waals surface area contributed by atoms with Crippen molar-refractivity contribution in [2.24, 2.45) is 0 Å². The van der Waals surface area contributed by atoms with E-state index in [-0.39, 0.29) is 54.3 Å². The number of anilines is 2. The number of piperazine rings is 1. The third kappa shape index (κ3) is 8.40. The van der Waals surface area contributed by atoms with Gasteiger partial charge in [0, 0.05) is 43.8 Å². The number of aromatic nitrogens is 1. The number of rotatable bonds is 8. The van der Waals surface area contributed by atoms with Crippen LogP contribution in [-0.2, 0) is 4.79 Å². The van der Waals surface area contributed by atoms with Crippen LogP contribution < -0.4 is 15.5 Å². The molecule has 0 spiro atoms. The summed E-state index contributed by atoms with van der Waals surface area (Å²) in [6, 6.07) is 11.9. The maximum atomic E-state index is 13.9. The number of hydrogen-bond acceptors (Lipinski definition) is 6. The van der Waals surface area contributed by atoms with E-state index >= 15 is 0 Å². The lowest BCUT2D eigenvalue weighted by molar-refractivity contribution is -0.122. The van der Waals surface area contributed by atoms with Gasteiger partial charge in [0.05, 0.1) is 23.2 Å². The fourth-order valence-electron chi connectivity index (χ4n) is 4.13. The fraction of sp³-hybridized carbons (Fsp3) is 0.308. The van der Waals surface area contributed by atoms with E-state index < -0.39 is 17.7 Å². The molecule has 0 radical (unpaired) electrons. The first-order valence-electron chi connectivity index (χ1n) is 11.8. The molecule has 13 heteroatoms. The summed E-state index contributed by atoms with van der Waals surface area (Å²) in [6.45, 7) is 5.52. The monoisotopic (exact) mass is 601 g/mol. The van der Waals surface area contributed by atoms with Crippen LogP contribution >= 0.6 is 37.2 Å². The van der Waals surface area contributed by atoms with Crippen LogP contribution in [0.2, 0.25) is 0 Å². The number of carboxylic acid groups (broad SMARTS) is 1. The number of hydrogen-bond donors (Lipinski definition) is 3. The molecule has 0 saturated carbocycles. The summed E-state index contributed by atoms with van der Waals surface area (Å²) in [5.74, 6) is -1.85. The third-order valence-electron chi connectivity index (χ3n) is 6.04. The van der Waals surface area contributed by atoms with Gasteiger partial charge in [0.2, 0.25) is 5.91 Å². The van der Waals surface area contributed by atoms with Gasteiger partial charge in [-0.15, -0.1) is 37.2 Å². The second-order valence-electron chi connectivity index (χ2n) is 8.61. The van der Waals surface area contributed by atoms with Crippen LogP contribution in [0.4, 0.5) is 15.9 Å².